The van der Waals surface area contributed by atoms with Crippen LogP contribution in [0, 0.1) is 5.92 Å². The van der Waals surface area contributed by atoms with Crippen LogP contribution >= 0.6 is 15.9 Å². The van der Waals surface area contributed by atoms with E-state index in [0.717, 1.165) is 35.8 Å². The molecule has 5 heteroatoms. The number of hydrogen-bond donors (Lipinski definition) is 1. The maximum atomic E-state index is 4.58. The van der Waals surface area contributed by atoms with Gasteiger partial charge in [0.15, 0.2) is 0 Å². The molecule has 1 aliphatic rings. The molecule has 94 valence electrons. The normalized spacial score (nSPS) is 20.4. The van der Waals surface area contributed by atoms with Crippen LogP contribution in [0.2, 0.25) is 0 Å². The summed E-state index contributed by atoms with van der Waals surface area (Å²) in [5, 5.41) is 3.16. The Morgan fingerprint density at radius 2 is 2.41 bits per heavy atom. The lowest BCUT2D eigenvalue weighted by molar-refractivity contribution is 0.444. The van der Waals surface area contributed by atoms with Crippen molar-refractivity contribution in [2.75, 3.05) is 29.9 Å². The van der Waals surface area contributed by atoms with E-state index >= 15 is 0 Å². The molecule has 0 aromatic carbocycles. The van der Waals surface area contributed by atoms with Gasteiger partial charge >= 0.3 is 0 Å². The Hall–Kier alpha value is -0.840. The van der Waals surface area contributed by atoms with Crippen LogP contribution in [0.3, 0.4) is 0 Å². The van der Waals surface area contributed by atoms with Crippen molar-refractivity contribution < 1.29 is 0 Å². The van der Waals surface area contributed by atoms with Crippen LogP contribution in [-0.4, -0.2) is 29.6 Å². The minimum Gasteiger partial charge on any atom is -0.355 e. The lowest BCUT2D eigenvalue weighted by Crippen LogP contribution is -2.35. The van der Waals surface area contributed by atoms with Crippen LogP contribution in [0.25, 0.3) is 0 Å². The molecule has 0 bridgehead atoms. The molecule has 1 saturated heterocycles. The summed E-state index contributed by atoms with van der Waals surface area (Å²) in [6.07, 6.45) is 4.40. The van der Waals surface area contributed by atoms with Gasteiger partial charge in [0.05, 0.1) is 4.47 Å². The number of halogens is 1. The third-order valence-corrected chi connectivity index (χ3v) is 3.58. The summed E-state index contributed by atoms with van der Waals surface area (Å²) >= 11 is 3.54. The van der Waals surface area contributed by atoms with E-state index in [2.05, 4.69) is 43.0 Å². The summed E-state index contributed by atoms with van der Waals surface area (Å²) in [5.41, 5.74) is 0. The Kier molecular flexibility index (Phi) is 4.20. The average Bonchev–Trinajstić information content (AvgIpc) is 2.32. The number of nitrogens with zero attached hydrogens (tertiary/aromatic N) is 3. The average molecular weight is 299 g/mol. The van der Waals surface area contributed by atoms with E-state index in [1.165, 1.54) is 12.8 Å². The molecule has 1 aromatic heterocycles. The number of anilines is 2. The van der Waals surface area contributed by atoms with Gasteiger partial charge in [-0.3, -0.25) is 0 Å². The second-order valence-electron chi connectivity index (χ2n) is 4.59. The quantitative estimate of drug-likeness (QED) is 0.932. The van der Waals surface area contributed by atoms with Crippen LogP contribution in [-0.2, 0) is 0 Å². The maximum Gasteiger partial charge on any atom is 0.224 e. The topological polar surface area (TPSA) is 41.1 Å². The second-order valence-corrected chi connectivity index (χ2v) is 5.44. The molecule has 0 saturated carbocycles. The van der Waals surface area contributed by atoms with Crippen LogP contribution in [0.4, 0.5) is 11.8 Å². The van der Waals surface area contributed by atoms with E-state index in [-0.39, 0.29) is 0 Å². The van der Waals surface area contributed by atoms with Crippen molar-refractivity contribution in [3.63, 3.8) is 0 Å². The predicted octanol–water partition coefficient (Wildman–Crippen LogP) is 2.91. The molecule has 1 aliphatic heterocycles. The Morgan fingerprint density at radius 3 is 3.12 bits per heavy atom. The SMILES string of the molecule is CCNc1ncc(Br)c(N2CCCC(C)C2)n1. The molecule has 1 N–H and O–H groups in total. The number of aromatic nitrogens is 2. The standard InChI is InChI=1S/C12H19BrN4/c1-3-14-12-15-7-10(13)11(16-12)17-6-4-5-9(2)8-17/h7,9H,3-6,8H2,1-2H3,(H,14,15,16). The molecule has 4 nitrogen and oxygen atoms in total. The molecule has 2 heterocycles. The smallest absolute Gasteiger partial charge is 0.224 e. The van der Waals surface area contributed by atoms with Crippen molar-refractivity contribution in [3.8, 4) is 0 Å². The fraction of sp³-hybridized carbons (Fsp3) is 0.667. The summed E-state index contributed by atoms with van der Waals surface area (Å²) in [6.45, 7) is 7.37. The van der Waals surface area contributed by atoms with Gasteiger partial charge < -0.3 is 10.2 Å². The summed E-state index contributed by atoms with van der Waals surface area (Å²) in [7, 11) is 0. The van der Waals surface area contributed by atoms with Crippen LogP contribution in [0.5, 0.6) is 0 Å². The molecule has 1 aromatic rings. The Morgan fingerprint density at radius 1 is 1.59 bits per heavy atom. The molecular weight excluding hydrogens is 280 g/mol. The van der Waals surface area contributed by atoms with Gasteiger partial charge in [0.1, 0.15) is 5.82 Å². The van der Waals surface area contributed by atoms with Gasteiger partial charge in [0.2, 0.25) is 5.95 Å². The third kappa shape index (κ3) is 3.09. The molecule has 17 heavy (non-hydrogen) atoms. The van der Waals surface area contributed by atoms with Gasteiger partial charge in [-0.25, -0.2) is 4.98 Å². The van der Waals surface area contributed by atoms with Gasteiger partial charge in [-0.15, -0.1) is 0 Å². The van der Waals surface area contributed by atoms with E-state index in [1.807, 2.05) is 13.1 Å². The highest BCUT2D eigenvalue weighted by atomic mass is 79.9. The van der Waals surface area contributed by atoms with Crippen LogP contribution < -0.4 is 10.2 Å². The summed E-state index contributed by atoms with van der Waals surface area (Å²) in [6, 6.07) is 0. The third-order valence-electron chi connectivity index (χ3n) is 3.02. The van der Waals surface area contributed by atoms with Crippen LogP contribution in [0.15, 0.2) is 10.7 Å². The fourth-order valence-electron chi connectivity index (χ4n) is 2.20. The van der Waals surface area contributed by atoms with E-state index < -0.39 is 0 Å². The maximum absolute atomic E-state index is 4.58. The van der Waals surface area contributed by atoms with E-state index in [0.29, 0.717) is 5.95 Å². The van der Waals surface area contributed by atoms with Crippen molar-refractivity contribution in [1.82, 2.24) is 9.97 Å². The summed E-state index contributed by atoms with van der Waals surface area (Å²) in [4.78, 5) is 11.2. The first-order valence-electron chi connectivity index (χ1n) is 6.22. The molecule has 2 rings (SSSR count). The monoisotopic (exact) mass is 298 g/mol. The minimum atomic E-state index is 0.712. The first-order valence-corrected chi connectivity index (χ1v) is 7.01. The van der Waals surface area contributed by atoms with E-state index in [1.54, 1.807) is 0 Å². The molecule has 0 spiro atoms. The summed E-state index contributed by atoms with van der Waals surface area (Å²) < 4.78 is 0.980. The zero-order valence-electron chi connectivity index (χ0n) is 10.4. The largest absolute Gasteiger partial charge is 0.355 e. The van der Waals surface area contributed by atoms with Crippen LogP contribution in [0.1, 0.15) is 26.7 Å². The van der Waals surface area contributed by atoms with Gasteiger partial charge in [-0.05, 0) is 41.6 Å². The highest BCUT2D eigenvalue weighted by molar-refractivity contribution is 9.10. The molecule has 0 radical (unpaired) electrons. The van der Waals surface area contributed by atoms with Crippen molar-refractivity contribution in [2.24, 2.45) is 5.92 Å². The van der Waals surface area contributed by atoms with Crippen molar-refractivity contribution in [3.05, 3.63) is 10.7 Å². The highest BCUT2D eigenvalue weighted by Crippen LogP contribution is 2.28. The minimum absolute atomic E-state index is 0.712. The van der Waals surface area contributed by atoms with Crippen molar-refractivity contribution >= 4 is 27.7 Å². The molecule has 1 fully saturated rings. The molecule has 0 aliphatic carbocycles. The molecular formula is C12H19BrN4. The zero-order valence-corrected chi connectivity index (χ0v) is 12.0. The summed E-state index contributed by atoms with van der Waals surface area (Å²) in [5.74, 6) is 2.47. The molecule has 1 atom stereocenters. The number of hydrogen-bond acceptors (Lipinski definition) is 4. The number of rotatable bonds is 3. The Bertz CT molecular complexity index is 383. The van der Waals surface area contributed by atoms with Crippen molar-refractivity contribution in [1.29, 1.82) is 0 Å². The lowest BCUT2D eigenvalue weighted by atomic mass is 10.0. The number of piperidine rings is 1. The Labute approximate surface area is 111 Å². The van der Waals surface area contributed by atoms with Gasteiger partial charge in [0.25, 0.3) is 0 Å². The predicted molar refractivity (Wildman–Crippen MR) is 74.5 cm³/mol. The van der Waals surface area contributed by atoms with E-state index in [4.69, 9.17) is 0 Å². The molecule has 0 amide bonds. The van der Waals surface area contributed by atoms with Gasteiger partial charge in [-0.2, -0.15) is 4.98 Å². The Balaban J connectivity index is 2.20. The first kappa shape index (κ1) is 12.6. The number of nitrogens with one attached hydrogen (secondary N) is 1. The van der Waals surface area contributed by atoms with Crippen molar-refractivity contribution in [2.45, 2.75) is 26.7 Å². The first-order chi connectivity index (χ1) is 8.20. The lowest BCUT2D eigenvalue weighted by Gasteiger charge is -2.32. The fourth-order valence-corrected chi connectivity index (χ4v) is 2.65. The molecule has 1 unspecified atom stereocenters. The zero-order chi connectivity index (χ0) is 12.3. The van der Waals surface area contributed by atoms with Gasteiger partial charge in [-0.1, -0.05) is 6.92 Å². The second kappa shape index (κ2) is 5.67. The highest BCUT2D eigenvalue weighted by Gasteiger charge is 2.20. The van der Waals surface area contributed by atoms with Gasteiger partial charge in [0, 0.05) is 25.8 Å². The van der Waals surface area contributed by atoms with E-state index in [9.17, 15) is 0 Å².